The van der Waals surface area contributed by atoms with Crippen LogP contribution in [-0.4, -0.2) is 73.8 Å². The summed E-state index contributed by atoms with van der Waals surface area (Å²) in [6.07, 6.45) is -2.54. The summed E-state index contributed by atoms with van der Waals surface area (Å²) in [5.41, 5.74) is -3.83. The average Bonchev–Trinajstić information content (AvgIpc) is 2.93. The Morgan fingerprint density at radius 3 is 2.38 bits per heavy atom. The first-order valence-electron chi connectivity index (χ1n) is 13.2. The summed E-state index contributed by atoms with van der Waals surface area (Å²) in [5.74, 6) is -0.391. The predicted octanol–water partition coefficient (Wildman–Crippen LogP) is 5.53. The Morgan fingerprint density at radius 1 is 1.12 bits per heavy atom. The van der Waals surface area contributed by atoms with Crippen LogP contribution in [-0.2, 0) is 10.4 Å². The van der Waals surface area contributed by atoms with Gasteiger partial charge in [0.2, 0.25) is 0 Å². The molecule has 11 heteroatoms. The summed E-state index contributed by atoms with van der Waals surface area (Å²) in [6.45, 7) is 2.79. The van der Waals surface area contributed by atoms with E-state index in [1.54, 1.807) is 32.3 Å². The van der Waals surface area contributed by atoms with Gasteiger partial charge in [0.05, 0.1) is 24.3 Å². The van der Waals surface area contributed by atoms with Crippen LogP contribution in [0, 0.1) is 11.8 Å². The molecule has 1 N–H and O–H groups in total. The number of halogens is 4. The Bertz CT molecular complexity index is 1180. The number of methoxy groups -OCH3 is 1. The van der Waals surface area contributed by atoms with E-state index in [2.05, 4.69) is 6.92 Å². The van der Waals surface area contributed by atoms with E-state index in [1.807, 2.05) is 0 Å². The SMILES string of the molecule is COc1cccc(C(O)(C(=O)N2CCC(C(C)CCCOc3ccc(C(=O)N(C)C)c(Cl)c3)CC2)C(F)(F)F)c1. The van der Waals surface area contributed by atoms with Crippen LogP contribution < -0.4 is 9.47 Å². The molecule has 1 fully saturated rings. The van der Waals surface area contributed by atoms with Crippen LogP contribution in [0.4, 0.5) is 13.2 Å². The zero-order valence-corrected chi connectivity index (χ0v) is 23.9. The molecule has 40 heavy (non-hydrogen) atoms. The smallest absolute Gasteiger partial charge is 0.430 e. The molecule has 220 valence electrons. The molecule has 1 aliphatic rings. The van der Waals surface area contributed by atoms with Gasteiger partial charge in [0.1, 0.15) is 11.5 Å². The first kappa shape index (κ1) is 31.5. The van der Waals surface area contributed by atoms with Crippen molar-refractivity contribution in [2.75, 3.05) is 40.9 Å². The normalized spacial score (nSPS) is 16.7. The minimum absolute atomic E-state index is 0.115. The van der Waals surface area contributed by atoms with Crippen LogP contribution in [0.5, 0.6) is 11.5 Å². The summed E-state index contributed by atoms with van der Waals surface area (Å²) < 4.78 is 53.0. The van der Waals surface area contributed by atoms with E-state index in [-0.39, 0.29) is 36.6 Å². The minimum atomic E-state index is -5.20. The van der Waals surface area contributed by atoms with Crippen LogP contribution in [0.15, 0.2) is 42.5 Å². The van der Waals surface area contributed by atoms with E-state index in [4.69, 9.17) is 21.1 Å². The molecule has 2 amide bonds. The molecule has 0 spiro atoms. The van der Waals surface area contributed by atoms with Crippen molar-refractivity contribution in [3.05, 3.63) is 58.6 Å². The third kappa shape index (κ3) is 7.01. The number of amides is 2. The van der Waals surface area contributed by atoms with Crippen LogP contribution in [0.1, 0.15) is 48.5 Å². The molecule has 0 aliphatic carbocycles. The van der Waals surface area contributed by atoms with Gasteiger partial charge in [-0.3, -0.25) is 9.59 Å². The number of hydrogen-bond acceptors (Lipinski definition) is 5. The van der Waals surface area contributed by atoms with E-state index in [9.17, 15) is 27.9 Å². The molecule has 1 aliphatic heterocycles. The number of piperidine rings is 1. The molecular weight excluding hydrogens is 549 g/mol. The van der Waals surface area contributed by atoms with Crippen molar-refractivity contribution in [2.45, 2.75) is 44.4 Å². The highest BCUT2D eigenvalue weighted by Crippen LogP contribution is 2.42. The van der Waals surface area contributed by atoms with Crippen molar-refractivity contribution in [1.82, 2.24) is 9.80 Å². The first-order chi connectivity index (χ1) is 18.8. The second kappa shape index (κ2) is 13.1. The Kier molecular flexibility index (Phi) is 10.3. The fraction of sp³-hybridized carbons (Fsp3) is 0.517. The molecule has 1 saturated heterocycles. The van der Waals surface area contributed by atoms with Gasteiger partial charge in [-0.15, -0.1) is 0 Å². The highest BCUT2D eigenvalue weighted by Gasteiger charge is 2.62. The molecule has 2 unspecified atom stereocenters. The van der Waals surface area contributed by atoms with Gasteiger partial charge in [0.15, 0.2) is 0 Å². The van der Waals surface area contributed by atoms with Crippen molar-refractivity contribution in [3.8, 4) is 11.5 Å². The summed E-state index contributed by atoms with van der Waals surface area (Å²) in [4.78, 5) is 27.7. The quantitative estimate of drug-likeness (QED) is 0.371. The summed E-state index contributed by atoms with van der Waals surface area (Å²) in [7, 11) is 4.60. The highest BCUT2D eigenvalue weighted by atomic mass is 35.5. The Morgan fingerprint density at radius 2 is 1.80 bits per heavy atom. The Hall–Kier alpha value is -2.98. The third-order valence-electron chi connectivity index (χ3n) is 7.49. The van der Waals surface area contributed by atoms with E-state index < -0.39 is 23.2 Å². The number of carbonyl (C=O) groups is 2. The number of ether oxygens (including phenoxy) is 2. The van der Waals surface area contributed by atoms with Crippen molar-refractivity contribution in [1.29, 1.82) is 0 Å². The van der Waals surface area contributed by atoms with Gasteiger partial charge in [-0.05, 0) is 67.9 Å². The zero-order chi connectivity index (χ0) is 29.7. The van der Waals surface area contributed by atoms with Gasteiger partial charge in [-0.1, -0.05) is 30.7 Å². The number of hydrogen-bond donors (Lipinski definition) is 1. The van der Waals surface area contributed by atoms with E-state index in [0.29, 0.717) is 35.8 Å². The number of nitrogens with zero attached hydrogens (tertiary/aromatic N) is 2. The molecule has 0 radical (unpaired) electrons. The van der Waals surface area contributed by atoms with Crippen molar-refractivity contribution in [2.24, 2.45) is 11.8 Å². The molecule has 3 rings (SSSR count). The third-order valence-corrected chi connectivity index (χ3v) is 7.80. The summed E-state index contributed by atoms with van der Waals surface area (Å²) >= 11 is 6.23. The minimum Gasteiger partial charge on any atom is -0.497 e. The molecule has 0 bridgehead atoms. The largest absolute Gasteiger partial charge is 0.497 e. The first-order valence-corrected chi connectivity index (χ1v) is 13.5. The number of rotatable bonds is 10. The molecule has 0 saturated carbocycles. The van der Waals surface area contributed by atoms with Gasteiger partial charge in [-0.25, -0.2) is 0 Å². The zero-order valence-electron chi connectivity index (χ0n) is 23.1. The number of aliphatic hydroxyl groups is 1. The molecule has 1 heterocycles. The van der Waals surface area contributed by atoms with Crippen molar-refractivity contribution >= 4 is 23.4 Å². The van der Waals surface area contributed by atoms with Crippen LogP contribution >= 0.6 is 11.6 Å². The van der Waals surface area contributed by atoms with E-state index in [0.717, 1.165) is 29.9 Å². The van der Waals surface area contributed by atoms with E-state index in [1.165, 1.54) is 24.1 Å². The molecule has 7 nitrogen and oxygen atoms in total. The maximum Gasteiger partial charge on any atom is 0.430 e. The second-order valence-corrected chi connectivity index (χ2v) is 10.8. The van der Waals surface area contributed by atoms with Crippen LogP contribution in [0.2, 0.25) is 5.02 Å². The summed E-state index contributed by atoms with van der Waals surface area (Å²) in [6, 6.07) is 9.82. The van der Waals surface area contributed by atoms with Gasteiger partial charge in [0, 0.05) is 32.7 Å². The lowest BCUT2D eigenvalue weighted by Gasteiger charge is -2.39. The van der Waals surface area contributed by atoms with Crippen LogP contribution in [0.25, 0.3) is 0 Å². The van der Waals surface area contributed by atoms with Crippen molar-refractivity contribution in [3.63, 3.8) is 0 Å². The standard InChI is InChI=1S/C29H36ClF3N2O5/c1-19(7-6-16-40-23-10-11-24(25(30)18-23)26(36)34(2)3)20-12-14-35(15-13-20)27(37)28(38,29(31,32)33)21-8-5-9-22(17-21)39-4/h5,8-11,17-20,38H,6-7,12-16H2,1-4H3. The average molecular weight is 585 g/mol. The molecule has 2 aromatic carbocycles. The molecule has 0 aromatic heterocycles. The molecular formula is C29H36ClF3N2O5. The van der Waals surface area contributed by atoms with Crippen LogP contribution in [0.3, 0.4) is 0 Å². The Balaban J connectivity index is 1.52. The summed E-state index contributed by atoms with van der Waals surface area (Å²) in [5, 5.41) is 11.1. The Labute approximate surface area is 237 Å². The lowest BCUT2D eigenvalue weighted by Crippen LogP contribution is -2.57. The van der Waals surface area contributed by atoms with Gasteiger partial charge in [-0.2, -0.15) is 13.2 Å². The lowest BCUT2D eigenvalue weighted by atomic mass is 9.82. The second-order valence-electron chi connectivity index (χ2n) is 10.4. The number of benzene rings is 2. The monoisotopic (exact) mass is 584 g/mol. The highest BCUT2D eigenvalue weighted by molar-refractivity contribution is 6.34. The molecule has 2 atom stereocenters. The maximum absolute atomic E-state index is 14.1. The number of likely N-dealkylation sites (tertiary alicyclic amines) is 1. The molecule has 2 aromatic rings. The fourth-order valence-corrected chi connectivity index (χ4v) is 5.24. The number of alkyl halides is 3. The maximum atomic E-state index is 14.1. The van der Waals surface area contributed by atoms with Gasteiger partial charge >= 0.3 is 6.18 Å². The van der Waals surface area contributed by atoms with Crippen molar-refractivity contribution < 1.29 is 37.3 Å². The lowest BCUT2D eigenvalue weighted by molar-refractivity contribution is -0.262. The number of carbonyl (C=O) groups excluding carboxylic acids is 2. The van der Waals surface area contributed by atoms with Gasteiger partial charge in [0.25, 0.3) is 17.4 Å². The predicted molar refractivity (Wildman–Crippen MR) is 146 cm³/mol. The topological polar surface area (TPSA) is 79.3 Å². The van der Waals surface area contributed by atoms with Gasteiger partial charge < -0.3 is 24.4 Å². The fourth-order valence-electron chi connectivity index (χ4n) is 4.99. The van der Waals surface area contributed by atoms with E-state index >= 15 is 0 Å².